The normalized spacial score (nSPS) is 12.5. The predicted octanol–water partition coefficient (Wildman–Crippen LogP) is 2.89. The van der Waals surface area contributed by atoms with E-state index in [0.717, 1.165) is 16.8 Å². The van der Waals surface area contributed by atoms with Crippen molar-refractivity contribution in [3.05, 3.63) is 70.2 Å². The van der Waals surface area contributed by atoms with Crippen LogP contribution in [-0.2, 0) is 13.6 Å². The SMILES string of the molecule is Cn1cc(C(NCc2cscn2)c2ccc(F)cc2)cn1. The Labute approximate surface area is 126 Å². The minimum atomic E-state index is -0.233. The van der Waals surface area contributed by atoms with Crippen molar-refractivity contribution in [2.75, 3.05) is 0 Å². The molecule has 0 bridgehead atoms. The van der Waals surface area contributed by atoms with Crippen LogP contribution >= 0.6 is 11.3 Å². The molecule has 21 heavy (non-hydrogen) atoms. The molecule has 2 aromatic heterocycles. The van der Waals surface area contributed by atoms with Crippen LogP contribution < -0.4 is 5.32 Å². The number of halogens is 1. The smallest absolute Gasteiger partial charge is 0.123 e. The van der Waals surface area contributed by atoms with Crippen molar-refractivity contribution in [1.29, 1.82) is 0 Å². The van der Waals surface area contributed by atoms with Crippen molar-refractivity contribution in [3.63, 3.8) is 0 Å². The monoisotopic (exact) mass is 302 g/mol. The summed E-state index contributed by atoms with van der Waals surface area (Å²) in [5.74, 6) is -0.233. The summed E-state index contributed by atoms with van der Waals surface area (Å²) < 4.78 is 14.9. The highest BCUT2D eigenvalue weighted by Gasteiger charge is 2.15. The molecule has 0 saturated heterocycles. The van der Waals surface area contributed by atoms with Crippen LogP contribution in [0.3, 0.4) is 0 Å². The van der Waals surface area contributed by atoms with Gasteiger partial charge in [0, 0.05) is 30.7 Å². The van der Waals surface area contributed by atoms with E-state index in [1.807, 2.05) is 30.3 Å². The molecule has 108 valence electrons. The number of rotatable bonds is 5. The van der Waals surface area contributed by atoms with Crippen LogP contribution in [0.5, 0.6) is 0 Å². The molecule has 1 unspecified atom stereocenters. The molecule has 2 heterocycles. The maximum atomic E-state index is 13.1. The van der Waals surface area contributed by atoms with Crippen LogP contribution in [0.25, 0.3) is 0 Å². The van der Waals surface area contributed by atoms with Gasteiger partial charge in [0.2, 0.25) is 0 Å². The van der Waals surface area contributed by atoms with E-state index in [-0.39, 0.29) is 11.9 Å². The Morgan fingerprint density at radius 2 is 2.10 bits per heavy atom. The summed E-state index contributed by atoms with van der Waals surface area (Å²) in [6.07, 6.45) is 3.78. The summed E-state index contributed by atoms with van der Waals surface area (Å²) in [4.78, 5) is 4.27. The summed E-state index contributed by atoms with van der Waals surface area (Å²) in [7, 11) is 1.88. The molecule has 0 aliphatic heterocycles. The van der Waals surface area contributed by atoms with E-state index < -0.39 is 0 Å². The van der Waals surface area contributed by atoms with E-state index in [1.165, 1.54) is 12.1 Å². The third kappa shape index (κ3) is 3.34. The zero-order valence-electron chi connectivity index (χ0n) is 11.5. The molecule has 0 amide bonds. The minimum Gasteiger partial charge on any atom is -0.300 e. The highest BCUT2D eigenvalue weighted by atomic mass is 32.1. The second-order valence-electron chi connectivity index (χ2n) is 4.79. The Balaban J connectivity index is 1.85. The van der Waals surface area contributed by atoms with E-state index in [9.17, 15) is 4.39 Å². The topological polar surface area (TPSA) is 42.7 Å². The molecule has 0 spiro atoms. The lowest BCUT2D eigenvalue weighted by molar-refractivity contribution is 0.592. The zero-order valence-corrected chi connectivity index (χ0v) is 12.3. The third-order valence-electron chi connectivity index (χ3n) is 3.23. The van der Waals surface area contributed by atoms with E-state index in [4.69, 9.17) is 0 Å². The first kappa shape index (κ1) is 13.9. The number of hydrogen-bond donors (Lipinski definition) is 1. The summed E-state index contributed by atoms with van der Waals surface area (Å²) in [5.41, 5.74) is 4.85. The largest absolute Gasteiger partial charge is 0.300 e. The van der Waals surface area contributed by atoms with Crippen molar-refractivity contribution in [2.45, 2.75) is 12.6 Å². The number of nitrogens with one attached hydrogen (secondary N) is 1. The van der Waals surface area contributed by atoms with Crippen LogP contribution in [-0.4, -0.2) is 14.8 Å². The fourth-order valence-corrected chi connectivity index (χ4v) is 2.76. The van der Waals surface area contributed by atoms with Crippen LogP contribution in [0.4, 0.5) is 4.39 Å². The van der Waals surface area contributed by atoms with Crippen LogP contribution in [0, 0.1) is 5.82 Å². The van der Waals surface area contributed by atoms with E-state index in [1.54, 1.807) is 28.2 Å². The van der Waals surface area contributed by atoms with Crippen molar-refractivity contribution in [2.24, 2.45) is 7.05 Å². The highest BCUT2D eigenvalue weighted by molar-refractivity contribution is 7.07. The maximum Gasteiger partial charge on any atom is 0.123 e. The molecule has 0 saturated carbocycles. The zero-order chi connectivity index (χ0) is 14.7. The van der Waals surface area contributed by atoms with Gasteiger partial charge >= 0.3 is 0 Å². The van der Waals surface area contributed by atoms with Crippen molar-refractivity contribution >= 4 is 11.3 Å². The Kier molecular flexibility index (Phi) is 4.08. The summed E-state index contributed by atoms with van der Waals surface area (Å²) in [6, 6.07) is 6.50. The average molecular weight is 302 g/mol. The summed E-state index contributed by atoms with van der Waals surface area (Å²) >= 11 is 1.57. The molecule has 0 radical (unpaired) electrons. The number of aryl methyl sites for hydroxylation is 1. The van der Waals surface area contributed by atoms with E-state index in [2.05, 4.69) is 15.4 Å². The van der Waals surface area contributed by atoms with E-state index >= 15 is 0 Å². The standard InChI is InChI=1S/C15H15FN4S/c1-20-8-12(6-19-20)15(11-2-4-13(16)5-3-11)17-7-14-9-21-10-18-14/h2-6,8-10,15,17H,7H2,1H3. The summed E-state index contributed by atoms with van der Waals surface area (Å²) in [5, 5.41) is 9.68. The second kappa shape index (κ2) is 6.15. The Hall–Kier alpha value is -2.05. The highest BCUT2D eigenvalue weighted by Crippen LogP contribution is 2.22. The van der Waals surface area contributed by atoms with Gasteiger partial charge in [0.1, 0.15) is 5.82 Å². The van der Waals surface area contributed by atoms with Gasteiger partial charge in [-0.2, -0.15) is 5.10 Å². The first-order valence-electron chi connectivity index (χ1n) is 6.57. The first-order chi connectivity index (χ1) is 10.2. The Morgan fingerprint density at radius 1 is 1.29 bits per heavy atom. The molecular weight excluding hydrogens is 287 g/mol. The van der Waals surface area contributed by atoms with Crippen LogP contribution in [0.1, 0.15) is 22.9 Å². The molecule has 3 aromatic rings. The fraction of sp³-hybridized carbons (Fsp3) is 0.200. The van der Waals surface area contributed by atoms with Gasteiger partial charge in [-0.25, -0.2) is 9.37 Å². The van der Waals surface area contributed by atoms with Crippen molar-refractivity contribution in [1.82, 2.24) is 20.1 Å². The van der Waals surface area contributed by atoms with Crippen molar-refractivity contribution < 1.29 is 4.39 Å². The lowest BCUT2D eigenvalue weighted by Crippen LogP contribution is -2.22. The third-order valence-corrected chi connectivity index (χ3v) is 3.87. The van der Waals surface area contributed by atoms with Gasteiger partial charge in [-0.3, -0.25) is 4.68 Å². The molecule has 0 fully saturated rings. The number of thiazole rings is 1. The maximum absolute atomic E-state index is 13.1. The molecule has 0 aliphatic carbocycles. The van der Waals surface area contributed by atoms with Crippen LogP contribution in [0.2, 0.25) is 0 Å². The van der Waals surface area contributed by atoms with Crippen molar-refractivity contribution in [3.8, 4) is 0 Å². The molecule has 0 aliphatic rings. The molecule has 3 rings (SSSR count). The van der Waals surface area contributed by atoms with E-state index in [0.29, 0.717) is 6.54 Å². The predicted molar refractivity (Wildman–Crippen MR) is 80.4 cm³/mol. The molecule has 1 aromatic carbocycles. The first-order valence-corrected chi connectivity index (χ1v) is 7.51. The van der Waals surface area contributed by atoms with Gasteiger partial charge in [-0.05, 0) is 17.7 Å². The number of hydrogen-bond acceptors (Lipinski definition) is 4. The van der Waals surface area contributed by atoms with Gasteiger partial charge in [-0.1, -0.05) is 12.1 Å². The fourth-order valence-electron chi connectivity index (χ4n) is 2.20. The lowest BCUT2D eigenvalue weighted by Gasteiger charge is -2.17. The van der Waals surface area contributed by atoms with Gasteiger partial charge in [0.15, 0.2) is 0 Å². The molecule has 4 nitrogen and oxygen atoms in total. The Bertz CT molecular complexity index is 691. The number of benzene rings is 1. The Morgan fingerprint density at radius 3 is 2.71 bits per heavy atom. The quantitative estimate of drug-likeness (QED) is 0.788. The second-order valence-corrected chi connectivity index (χ2v) is 5.51. The summed E-state index contributed by atoms with van der Waals surface area (Å²) in [6.45, 7) is 0.653. The molecule has 1 atom stereocenters. The molecule has 6 heteroatoms. The minimum absolute atomic E-state index is 0.0407. The van der Waals surface area contributed by atoms with Gasteiger partial charge in [0.05, 0.1) is 23.4 Å². The number of aromatic nitrogens is 3. The van der Waals surface area contributed by atoms with Gasteiger partial charge < -0.3 is 5.32 Å². The molecule has 1 N–H and O–H groups in total. The van der Waals surface area contributed by atoms with Gasteiger partial charge in [0.25, 0.3) is 0 Å². The number of nitrogens with zero attached hydrogens (tertiary/aromatic N) is 3. The lowest BCUT2D eigenvalue weighted by atomic mass is 10.0. The molecular formula is C15H15FN4S. The van der Waals surface area contributed by atoms with Crippen LogP contribution in [0.15, 0.2) is 47.5 Å². The van der Waals surface area contributed by atoms with Gasteiger partial charge in [-0.15, -0.1) is 11.3 Å². The average Bonchev–Trinajstić information content (AvgIpc) is 3.13.